The SMILES string of the molecule is O=C(C1CC(=O)N(c2ccc(F)cc2F)C1)N1CCC2(CCNC2)CC1. The lowest BCUT2D eigenvalue weighted by Crippen LogP contribution is -2.46. The Hall–Kier alpha value is -2.02. The lowest BCUT2D eigenvalue weighted by Gasteiger charge is -2.39. The van der Waals surface area contributed by atoms with Gasteiger partial charge in [0.05, 0.1) is 11.6 Å². The van der Waals surface area contributed by atoms with Gasteiger partial charge >= 0.3 is 0 Å². The van der Waals surface area contributed by atoms with Gasteiger partial charge in [0.1, 0.15) is 11.6 Å². The highest BCUT2D eigenvalue weighted by Gasteiger charge is 2.42. The van der Waals surface area contributed by atoms with Gasteiger partial charge < -0.3 is 15.1 Å². The number of hydrogen-bond donors (Lipinski definition) is 1. The summed E-state index contributed by atoms with van der Waals surface area (Å²) < 4.78 is 27.1. The van der Waals surface area contributed by atoms with E-state index in [0.29, 0.717) is 5.41 Å². The van der Waals surface area contributed by atoms with Crippen LogP contribution < -0.4 is 10.2 Å². The third kappa shape index (κ3) is 3.09. The molecule has 0 radical (unpaired) electrons. The third-order valence-corrected chi connectivity index (χ3v) is 6.14. The molecule has 3 fully saturated rings. The fourth-order valence-corrected chi connectivity index (χ4v) is 4.49. The minimum atomic E-state index is -0.778. The zero-order valence-electron chi connectivity index (χ0n) is 14.6. The van der Waals surface area contributed by atoms with E-state index in [2.05, 4.69) is 5.32 Å². The van der Waals surface area contributed by atoms with E-state index in [1.807, 2.05) is 4.90 Å². The summed E-state index contributed by atoms with van der Waals surface area (Å²) in [5, 5.41) is 3.40. The number of hydrogen-bond acceptors (Lipinski definition) is 3. The van der Waals surface area contributed by atoms with Crippen LogP contribution in [0.3, 0.4) is 0 Å². The van der Waals surface area contributed by atoms with E-state index in [0.717, 1.165) is 57.6 Å². The van der Waals surface area contributed by atoms with Crippen LogP contribution in [0.15, 0.2) is 18.2 Å². The van der Waals surface area contributed by atoms with Gasteiger partial charge in [-0.05, 0) is 43.4 Å². The van der Waals surface area contributed by atoms with Crippen molar-refractivity contribution in [3.63, 3.8) is 0 Å². The maximum Gasteiger partial charge on any atom is 0.228 e. The molecule has 3 saturated heterocycles. The molecule has 7 heteroatoms. The summed E-state index contributed by atoms with van der Waals surface area (Å²) in [6.07, 6.45) is 3.22. The topological polar surface area (TPSA) is 52.7 Å². The molecule has 1 spiro atoms. The Labute approximate surface area is 151 Å². The number of amides is 2. The number of carbonyl (C=O) groups is 2. The fourth-order valence-electron chi connectivity index (χ4n) is 4.49. The standard InChI is InChI=1S/C19H23F2N3O2/c20-14-1-2-16(15(21)10-14)24-11-13(9-17(24)25)18(26)23-7-4-19(5-8-23)3-6-22-12-19/h1-2,10,13,22H,3-9,11-12H2. The molecule has 3 aliphatic rings. The molecular formula is C19H23F2N3O2. The zero-order chi connectivity index (χ0) is 18.3. The lowest BCUT2D eigenvalue weighted by molar-refractivity contribution is -0.137. The highest BCUT2D eigenvalue weighted by Crippen LogP contribution is 2.38. The third-order valence-electron chi connectivity index (χ3n) is 6.14. The predicted molar refractivity (Wildman–Crippen MR) is 92.6 cm³/mol. The van der Waals surface area contributed by atoms with E-state index in [9.17, 15) is 18.4 Å². The van der Waals surface area contributed by atoms with Crippen molar-refractivity contribution in [2.75, 3.05) is 37.6 Å². The quantitative estimate of drug-likeness (QED) is 0.874. The molecule has 1 unspecified atom stereocenters. The summed E-state index contributed by atoms with van der Waals surface area (Å²) in [4.78, 5) is 28.3. The van der Waals surface area contributed by atoms with Gasteiger partial charge in [0.15, 0.2) is 0 Å². The van der Waals surface area contributed by atoms with Gasteiger partial charge in [-0.25, -0.2) is 8.78 Å². The Kier molecular flexibility index (Phi) is 4.42. The number of halogens is 2. The minimum Gasteiger partial charge on any atom is -0.342 e. The first-order valence-electron chi connectivity index (χ1n) is 9.22. The molecular weight excluding hydrogens is 340 g/mol. The van der Waals surface area contributed by atoms with Crippen LogP contribution in [0.1, 0.15) is 25.7 Å². The Bertz CT molecular complexity index is 723. The second kappa shape index (κ2) is 6.61. The number of rotatable bonds is 2. The molecule has 140 valence electrons. The second-order valence-corrected chi connectivity index (χ2v) is 7.75. The van der Waals surface area contributed by atoms with Crippen LogP contribution in [0.4, 0.5) is 14.5 Å². The summed E-state index contributed by atoms with van der Waals surface area (Å²) in [5.74, 6) is -2.23. The number of carbonyl (C=O) groups excluding carboxylic acids is 2. The first kappa shape index (κ1) is 17.4. The predicted octanol–water partition coefficient (Wildman–Crippen LogP) is 1.92. The van der Waals surface area contributed by atoms with Gasteiger partial charge in [-0.1, -0.05) is 0 Å². The maximum atomic E-state index is 14.0. The normalized spacial score (nSPS) is 25.3. The molecule has 4 rings (SSSR count). The molecule has 1 aromatic carbocycles. The molecule has 0 saturated carbocycles. The average Bonchev–Trinajstić information content (AvgIpc) is 3.22. The second-order valence-electron chi connectivity index (χ2n) is 7.75. The van der Waals surface area contributed by atoms with Crippen molar-refractivity contribution in [1.82, 2.24) is 10.2 Å². The monoisotopic (exact) mass is 363 g/mol. The highest BCUT2D eigenvalue weighted by molar-refractivity contribution is 6.00. The summed E-state index contributed by atoms with van der Waals surface area (Å²) in [5.41, 5.74) is 0.368. The molecule has 0 aliphatic carbocycles. The van der Waals surface area contributed by atoms with Crippen LogP contribution in [0.25, 0.3) is 0 Å². The van der Waals surface area contributed by atoms with Crippen molar-refractivity contribution in [3.8, 4) is 0 Å². The first-order valence-corrected chi connectivity index (χ1v) is 9.22. The Morgan fingerprint density at radius 1 is 1.19 bits per heavy atom. The van der Waals surface area contributed by atoms with Crippen LogP contribution in [-0.4, -0.2) is 49.4 Å². The van der Waals surface area contributed by atoms with E-state index < -0.39 is 17.6 Å². The molecule has 0 bridgehead atoms. The van der Waals surface area contributed by atoms with Crippen LogP contribution >= 0.6 is 0 Å². The Morgan fingerprint density at radius 3 is 2.62 bits per heavy atom. The molecule has 5 nitrogen and oxygen atoms in total. The molecule has 1 N–H and O–H groups in total. The number of nitrogens with one attached hydrogen (secondary N) is 1. The average molecular weight is 363 g/mol. The van der Waals surface area contributed by atoms with Crippen molar-refractivity contribution < 1.29 is 18.4 Å². The van der Waals surface area contributed by atoms with E-state index in [1.165, 1.54) is 11.0 Å². The number of anilines is 1. The van der Waals surface area contributed by atoms with Crippen molar-refractivity contribution in [2.45, 2.75) is 25.7 Å². The number of piperidine rings is 1. The maximum absolute atomic E-state index is 14.0. The molecule has 2 amide bonds. The Balaban J connectivity index is 1.41. The van der Waals surface area contributed by atoms with Crippen LogP contribution in [0.2, 0.25) is 0 Å². The summed E-state index contributed by atoms with van der Waals surface area (Å²) in [6.45, 7) is 3.66. The Morgan fingerprint density at radius 2 is 1.96 bits per heavy atom. The molecule has 26 heavy (non-hydrogen) atoms. The van der Waals surface area contributed by atoms with Crippen molar-refractivity contribution in [2.24, 2.45) is 11.3 Å². The summed E-state index contributed by atoms with van der Waals surface area (Å²) in [7, 11) is 0. The largest absolute Gasteiger partial charge is 0.342 e. The van der Waals surface area contributed by atoms with E-state index >= 15 is 0 Å². The van der Waals surface area contributed by atoms with Gasteiger partial charge in [-0.15, -0.1) is 0 Å². The number of likely N-dealkylation sites (tertiary alicyclic amines) is 1. The summed E-state index contributed by atoms with van der Waals surface area (Å²) in [6, 6.07) is 3.14. The van der Waals surface area contributed by atoms with Crippen LogP contribution in [-0.2, 0) is 9.59 Å². The van der Waals surface area contributed by atoms with Crippen LogP contribution in [0.5, 0.6) is 0 Å². The highest BCUT2D eigenvalue weighted by atomic mass is 19.1. The lowest BCUT2D eigenvalue weighted by atomic mass is 9.77. The molecule has 3 heterocycles. The van der Waals surface area contributed by atoms with Crippen molar-refractivity contribution in [1.29, 1.82) is 0 Å². The van der Waals surface area contributed by atoms with Crippen molar-refractivity contribution in [3.05, 3.63) is 29.8 Å². The fraction of sp³-hybridized carbons (Fsp3) is 0.579. The van der Waals surface area contributed by atoms with E-state index in [4.69, 9.17) is 0 Å². The number of nitrogens with zero attached hydrogens (tertiary/aromatic N) is 2. The van der Waals surface area contributed by atoms with Gasteiger partial charge in [-0.3, -0.25) is 9.59 Å². The first-order chi connectivity index (χ1) is 12.5. The van der Waals surface area contributed by atoms with Gasteiger partial charge in [0, 0.05) is 38.7 Å². The van der Waals surface area contributed by atoms with E-state index in [-0.39, 0.29) is 30.5 Å². The van der Waals surface area contributed by atoms with Gasteiger partial charge in [0.2, 0.25) is 11.8 Å². The van der Waals surface area contributed by atoms with Crippen molar-refractivity contribution >= 4 is 17.5 Å². The smallest absolute Gasteiger partial charge is 0.228 e. The minimum absolute atomic E-state index is 0.0239. The number of benzene rings is 1. The van der Waals surface area contributed by atoms with Crippen LogP contribution in [0, 0.1) is 23.0 Å². The molecule has 3 aliphatic heterocycles. The molecule has 1 aromatic rings. The van der Waals surface area contributed by atoms with Gasteiger partial charge in [-0.2, -0.15) is 0 Å². The van der Waals surface area contributed by atoms with E-state index in [1.54, 1.807) is 0 Å². The zero-order valence-corrected chi connectivity index (χ0v) is 14.6. The van der Waals surface area contributed by atoms with Gasteiger partial charge in [0.25, 0.3) is 0 Å². The molecule has 0 aromatic heterocycles. The molecule has 1 atom stereocenters. The summed E-state index contributed by atoms with van der Waals surface area (Å²) >= 11 is 0.